The van der Waals surface area contributed by atoms with Gasteiger partial charge in [0.05, 0.1) is 0 Å². The summed E-state index contributed by atoms with van der Waals surface area (Å²) in [5.41, 5.74) is 10.6. The van der Waals surface area contributed by atoms with Gasteiger partial charge in [-0.1, -0.05) is 0 Å². The van der Waals surface area contributed by atoms with E-state index in [1.54, 1.807) is 0 Å². The molecule has 0 fully saturated rings. The fourth-order valence-corrected chi connectivity index (χ4v) is 16.1. The van der Waals surface area contributed by atoms with Gasteiger partial charge in [0.2, 0.25) is 0 Å². The van der Waals surface area contributed by atoms with Gasteiger partial charge >= 0.3 is 106 Å². The van der Waals surface area contributed by atoms with Crippen LogP contribution >= 0.6 is 106 Å². The highest BCUT2D eigenvalue weighted by Gasteiger charge is 2.31. The maximum Gasteiger partial charge on any atom is 0.337 e. The van der Waals surface area contributed by atoms with E-state index in [-0.39, 0.29) is 0 Å². The van der Waals surface area contributed by atoms with Gasteiger partial charge in [-0.3, -0.25) is 63.9 Å². The van der Waals surface area contributed by atoms with E-state index in [0.29, 0.717) is 13.1 Å². The molecule has 47 nitrogen and oxygen atoms in total. The lowest BCUT2D eigenvalue weighted by Gasteiger charge is -2.06. The summed E-state index contributed by atoms with van der Waals surface area (Å²) in [6.45, 7) is 7.15. The summed E-state index contributed by atoms with van der Waals surface area (Å²) in [7, 11) is -63.7. The van der Waals surface area contributed by atoms with E-state index in [1.807, 2.05) is 0 Å². The van der Waals surface area contributed by atoms with Crippen LogP contribution in [-0.2, 0) is 63.9 Å². The molecule has 0 aliphatic carbocycles. The molecule has 35 N–H and O–H groups in total. The lowest BCUT2D eigenvalue weighted by Crippen LogP contribution is -2.35. The quantitative estimate of drug-likeness (QED) is 0.0315. The van der Waals surface area contributed by atoms with E-state index in [2.05, 4.69) is 16.0 Å². The summed E-state index contributed by atoms with van der Waals surface area (Å²) in [6, 6.07) is 0. The molecular formula is C15H65N5O42P14. The van der Waals surface area contributed by atoms with Gasteiger partial charge in [-0.2, -0.15) is 0 Å². The van der Waals surface area contributed by atoms with Crippen molar-refractivity contribution < 1.29 is 201 Å². The summed E-state index contributed by atoms with van der Waals surface area (Å²) in [5.74, 6) is -9.62. The summed E-state index contributed by atoms with van der Waals surface area (Å²) in [4.78, 5) is 223. The second-order valence-electron chi connectivity index (χ2n) is 13.1. The number of nitrogens with one attached hydrogen (secondary N) is 3. The Labute approximate surface area is 427 Å². The fourth-order valence-electron chi connectivity index (χ4n) is 2.61. The molecule has 472 valence electrons. The molecule has 0 atom stereocenters. The Balaban J connectivity index is -0.000000116. The van der Waals surface area contributed by atoms with E-state index in [4.69, 9.17) is 148 Å². The Morgan fingerprint density at radius 1 is 0.184 bits per heavy atom. The Bertz CT molecular complexity index is 1700. The van der Waals surface area contributed by atoms with Crippen LogP contribution in [0.4, 0.5) is 0 Å². The van der Waals surface area contributed by atoms with Crippen molar-refractivity contribution in [2.45, 2.75) is 0 Å². The zero-order chi connectivity index (χ0) is 63.7. The number of hydrogen-bond acceptors (Lipinski definition) is 19. The predicted molar refractivity (Wildman–Crippen MR) is 259 cm³/mol. The first kappa shape index (κ1) is 94.3. The van der Waals surface area contributed by atoms with Gasteiger partial charge in [-0.15, -0.1) is 0 Å². The molecule has 0 spiro atoms. The van der Waals surface area contributed by atoms with Gasteiger partial charge in [0, 0.05) is 52.4 Å². The molecule has 0 amide bonds. The first-order valence-electron chi connectivity index (χ1n) is 17.5. The molecule has 0 aliphatic heterocycles. The highest BCUT2D eigenvalue weighted by Crippen LogP contribution is 2.55. The SMILES string of the molecule is NCCNCCNCCNCCN.O=P(O)(O)CP(=O)(O)O.O=P(O)(O)CP(=O)(O)O.O=P(O)(O)CP(=O)(O)O.O=P(O)(O)CP(=O)(O)O.O=P(O)(O)CP(=O)(O)O.O=P(O)(O)CP(=O)(O)O.O=P(O)(O)CP(=O)(O)O. The van der Waals surface area contributed by atoms with Gasteiger partial charge in [-0.05, 0) is 0 Å². The van der Waals surface area contributed by atoms with E-state index in [1.165, 1.54) is 0 Å². The van der Waals surface area contributed by atoms with E-state index in [0.717, 1.165) is 39.3 Å². The van der Waals surface area contributed by atoms with Gasteiger partial charge in [-0.25, -0.2) is 0 Å². The lowest BCUT2D eigenvalue weighted by molar-refractivity contribution is 0.352. The topological polar surface area (TPSA) is 894 Å². The van der Waals surface area contributed by atoms with Gasteiger partial charge in [0.15, 0.2) is 41.3 Å². The summed E-state index contributed by atoms with van der Waals surface area (Å²) >= 11 is 0. The third-order valence-electron chi connectivity index (χ3n) is 4.18. The minimum absolute atomic E-state index is 0.706. The van der Waals surface area contributed by atoms with Gasteiger partial charge in [0.1, 0.15) is 0 Å². The van der Waals surface area contributed by atoms with Gasteiger partial charge < -0.3 is 164 Å². The average molecular weight is 1420 g/mol. The highest BCUT2D eigenvalue weighted by molar-refractivity contribution is 7.72. The smallest absolute Gasteiger partial charge is 0.329 e. The Morgan fingerprint density at radius 2 is 0.263 bits per heavy atom. The standard InChI is InChI=1S/C8H23N5.7CH6O6P2/c9-1-3-11-5-7-13-8-6-12-4-2-10;7*2-8(3,4)1-9(5,6)7/h11-13H,1-10H2;7*1H2,(H2,2,3,4)(H2,5,6,7). The van der Waals surface area contributed by atoms with Crippen molar-refractivity contribution in [1.82, 2.24) is 16.0 Å². The Hall–Kier alpha value is 1.90. The molecular weight excluding hydrogens is 1360 g/mol. The first-order valence-corrected chi connectivity index (χ1v) is 42.7. The van der Waals surface area contributed by atoms with Gasteiger partial charge in [0.25, 0.3) is 0 Å². The molecule has 0 aromatic carbocycles. The summed E-state index contributed by atoms with van der Waals surface area (Å²) in [5, 5.41) is 9.71. The van der Waals surface area contributed by atoms with Crippen molar-refractivity contribution in [2.75, 3.05) is 93.7 Å². The highest BCUT2D eigenvalue weighted by atomic mass is 31.3. The number of rotatable bonds is 24. The molecule has 0 aromatic rings. The molecule has 0 saturated heterocycles. The number of nitrogens with two attached hydrogens (primary N) is 2. The van der Waals surface area contributed by atoms with Crippen LogP contribution in [0.2, 0.25) is 0 Å². The third-order valence-corrected chi connectivity index (χ3v) is 24.8. The molecule has 0 rings (SSSR count). The molecule has 0 radical (unpaired) electrons. The van der Waals surface area contributed by atoms with Crippen molar-refractivity contribution in [2.24, 2.45) is 11.5 Å². The van der Waals surface area contributed by atoms with Crippen molar-refractivity contribution in [3.05, 3.63) is 0 Å². The fraction of sp³-hybridized carbons (Fsp3) is 1.00. The molecule has 0 aromatic heterocycles. The maximum atomic E-state index is 9.85. The zero-order valence-electron chi connectivity index (χ0n) is 37.8. The van der Waals surface area contributed by atoms with Crippen LogP contribution in [0.25, 0.3) is 0 Å². The lowest BCUT2D eigenvalue weighted by atomic mass is 10.5. The van der Waals surface area contributed by atoms with Crippen LogP contribution in [0.3, 0.4) is 0 Å². The Kier molecular flexibility index (Phi) is 50.9. The minimum Gasteiger partial charge on any atom is -0.329 e. The van der Waals surface area contributed by atoms with Crippen LogP contribution in [0, 0.1) is 0 Å². The zero-order valence-corrected chi connectivity index (χ0v) is 50.3. The van der Waals surface area contributed by atoms with Crippen LogP contribution in [0.15, 0.2) is 0 Å². The maximum absolute atomic E-state index is 9.85. The average Bonchev–Trinajstić information content (AvgIpc) is 2.93. The molecule has 76 heavy (non-hydrogen) atoms. The van der Waals surface area contributed by atoms with E-state index >= 15 is 0 Å². The van der Waals surface area contributed by atoms with Crippen molar-refractivity contribution in [3.8, 4) is 0 Å². The third kappa shape index (κ3) is 147. The summed E-state index contributed by atoms with van der Waals surface area (Å²) < 4.78 is 138. The monoisotopic (exact) mass is 1420 g/mol. The number of hydrogen-bond donors (Lipinski definition) is 33. The second kappa shape index (κ2) is 41.0. The molecule has 0 heterocycles. The first-order chi connectivity index (χ1) is 32.4. The summed E-state index contributed by atoms with van der Waals surface area (Å²) in [6.07, 6.45) is 0. The van der Waals surface area contributed by atoms with Crippen LogP contribution in [0.1, 0.15) is 0 Å². The predicted octanol–water partition coefficient (Wildman–Crippen LogP) is -7.23. The van der Waals surface area contributed by atoms with Crippen LogP contribution in [-0.4, -0.2) is 231 Å². The largest absolute Gasteiger partial charge is 0.337 e. The molecule has 0 saturated carbocycles. The normalized spacial score (nSPS) is 13.2. The molecule has 0 aliphatic rings. The van der Waals surface area contributed by atoms with Crippen LogP contribution in [0.5, 0.6) is 0 Å². The molecule has 0 unspecified atom stereocenters. The van der Waals surface area contributed by atoms with E-state index in [9.17, 15) is 63.9 Å². The van der Waals surface area contributed by atoms with Crippen molar-refractivity contribution in [1.29, 1.82) is 0 Å². The Morgan fingerprint density at radius 3 is 0.316 bits per heavy atom. The van der Waals surface area contributed by atoms with Crippen LogP contribution < -0.4 is 27.4 Å². The molecule has 0 bridgehead atoms. The minimum atomic E-state index is -4.55. The van der Waals surface area contributed by atoms with E-state index < -0.39 is 148 Å². The molecule has 61 heteroatoms. The van der Waals surface area contributed by atoms with Crippen molar-refractivity contribution in [3.63, 3.8) is 0 Å². The second-order valence-corrected chi connectivity index (χ2v) is 39.7. The van der Waals surface area contributed by atoms with Crippen molar-refractivity contribution >= 4 is 106 Å².